The fourth-order valence-corrected chi connectivity index (χ4v) is 3.93. The molecule has 0 spiro atoms. The van der Waals surface area contributed by atoms with Crippen LogP contribution in [0.25, 0.3) is 0 Å². The van der Waals surface area contributed by atoms with Crippen LogP contribution in [0.4, 0.5) is 0 Å². The molecular formula is C15H19N5OS. The predicted molar refractivity (Wildman–Crippen MR) is 85.3 cm³/mol. The number of aromatic amines is 1. The van der Waals surface area contributed by atoms with Gasteiger partial charge in [0.05, 0.1) is 6.04 Å². The average Bonchev–Trinajstić information content (AvgIpc) is 3.08. The van der Waals surface area contributed by atoms with Gasteiger partial charge in [0, 0.05) is 0 Å². The topological polar surface area (TPSA) is 83.6 Å². The van der Waals surface area contributed by atoms with Gasteiger partial charge < -0.3 is 5.32 Å². The lowest BCUT2D eigenvalue weighted by molar-refractivity contribution is -0.121. The molecule has 3 rings (SSSR count). The standard InChI is InChI=1S/C15H19N5OS/c1-2-5-12(14-17-19-20-18-14)16-15(21)13-11-7-4-3-6-10(11)8-9-22-13/h3-4,6-7,12-13H,2,5,8-9H2,1H3,(H,16,21)(H,17,18,19,20)/t12-,13+/m0/s1. The lowest BCUT2D eigenvalue weighted by Gasteiger charge is -2.26. The first-order valence-electron chi connectivity index (χ1n) is 7.52. The van der Waals surface area contributed by atoms with Crippen LogP contribution in [0.1, 0.15) is 48.0 Å². The van der Waals surface area contributed by atoms with Crippen molar-refractivity contribution >= 4 is 17.7 Å². The Morgan fingerprint density at radius 1 is 1.50 bits per heavy atom. The highest BCUT2D eigenvalue weighted by Gasteiger charge is 2.29. The first kappa shape index (κ1) is 15.0. The molecule has 2 atom stereocenters. The van der Waals surface area contributed by atoms with E-state index in [4.69, 9.17) is 0 Å². The lowest BCUT2D eigenvalue weighted by atomic mass is 10.0. The number of hydrogen-bond acceptors (Lipinski definition) is 5. The minimum atomic E-state index is -0.189. The molecular weight excluding hydrogens is 298 g/mol. The van der Waals surface area contributed by atoms with Crippen LogP contribution in [0.2, 0.25) is 0 Å². The van der Waals surface area contributed by atoms with E-state index in [1.807, 2.05) is 12.1 Å². The number of aromatic nitrogens is 4. The van der Waals surface area contributed by atoms with E-state index in [1.54, 1.807) is 11.8 Å². The number of hydrogen-bond donors (Lipinski definition) is 2. The van der Waals surface area contributed by atoms with Crippen molar-refractivity contribution in [3.63, 3.8) is 0 Å². The number of nitrogens with one attached hydrogen (secondary N) is 2. The molecule has 6 nitrogen and oxygen atoms in total. The minimum Gasteiger partial charge on any atom is -0.345 e. The van der Waals surface area contributed by atoms with Crippen LogP contribution in [0, 0.1) is 0 Å². The van der Waals surface area contributed by atoms with Crippen molar-refractivity contribution < 1.29 is 4.79 Å². The van der Waals surface area contributed by atoms with Crippen molar-refractivity contribution in [3.05, 3.63) is 41.2 Å². The number of carbonyl (C=O) groups excluding carboxylic acids is 1. The monoisotopic (exact) mass is 317 g/mol. The Hall–Kier alpha value is -1.89. The van der Waals surface area contributed by atoms with E-state index < -0.39 is 0 Å². The quantitative estimate of drug-likeness (QED) is 0.883. The fraction of sp³-hybridized carbons (Fsp3) is 0.467. The molecule has 22 heavy (non-hydrogen) atoms. The number of benzene rings is 1. The lowest BCUT2D eigenvalue weighted by Crippen LogP contribution is -2.34. The first-order valence-corrected chi connectivity index (χ1v) is 8.57. The molecule has 0 aliphatic carbocycles. The first-order chi connectivity index (χ1) is 10.8. The van der Waals surface area contributed by atoms with Gasteiger partial charge >= 0.3 is 0 Å². The zero-order chi connectivity index (χ0) is 15.4. The van der Waals surface area contributed by atoms with E-state index in [1.165, 1.54) is 5.56 Å². The van der Waals surface area contributed by atoms with Gasteiger partial charge in [0.2, 0.25) is 5.91 Å². The summed E-state index contributed by atoms with van der Waals surface area (Å²) in [5.74, 6) is 1.54. The third-order valence-corrected chi connectivity index (χ3v) is 5.04. The molecule has 0 saturated carbocycles. The summed E-state index contributed by atoms with van der Waals surface area (Å²) in [7, 11) is 0. The van der Waals surface area contributed by atoms with Gasteiger partial charge in [-0.2, -0.15) is 5.21 Å². The summed E-state index contributed by atoms with van der Waals surface area (Å²) in [4.78, 5) is 12.7. The van der Waals surface area contributed by atoms with Crippen LogP contribution in [0.15, 0.2) is 24.3 Å². The zero-order valence-electron chi connectivity index (χ0n) is 12.5. The smallest absolute Gasteiger partial charge is 0.238 e. The number of carbonyl (C=O) groups is 1. The zero-order valence-corrected chi connectivity index (χ0v) is 13.3. The van der Waals surface area contributed by atoms with Gasteiger partial charge in [-0.15, -0.1) is 22.0 Å². The Bertz CT molecular complexity index is 631. The van der Waals surface area contributed by atoms with Gasteiger partial charge in [-0.05, 0) is 29.7 Å². The molecule has 2 N–H and O–H groups in total. The second-order valence-electron chi connectivity index (χ2n) is 5.32. The van der Waals surface area contributed by atoms with E-state index in [0.29, 0.717) is 5.82 Å². The summed E-state index contributed by atoms with van der Waals surface area (Å²) in [6.07, 6.45) is 2.76. The molecule has 0 unspecified atom stereocenters. The van der Waals surface area contributed by atoms with Gasteiger partial charge in [-0.1, -0.05) is 42.8 Å². The number of thioether (sulfide) groups is 1. The SMILES string of the molecule is CCC[C@H](NC(=O)[C@@H]1SCCc2ccccc21)c1nn[nH]n1. The van der Waals surface area contributed by atoms with E-state index in [2.05, 4.69) is 45.0 Å². The highest BCUT2D eigenvalue weighted by Crippen LogP contribution is 2.37. The number of rotatable bonds is 5. The highest BCUT2D eigenvalue weighted by atomic mass is 32.2. The molecule has 1 amide bonds. The summed E-state index contributed by atoms with van der Waals surface area (Å²) in [5.41, 5.74) is 2.40. The van der Waals surface area contributed by atoms with Gasteiger partial charge in [0.1, 0.15) is 5.25 Å². The molecule has 0 saturated heterocycles. The van der Waals surface area contributed by atoms with Crippen molar-refractivity contribution in [3.8, 4) is 0 Å². The maximum absolute atomic E-state index is 12.7. The second kappa shape index (κ2) is 6.91. The third kappa shape index (κ3) is 3.14. The maximum atomic E-state index is 12.7. The number of H-pyrrole nitrogens is 1. The molecule has 0 bridgehead atoms. The maximum Gasteiger partial charge on any atom is 0.238 e. The van der Waals surface area contributed by atoms with E-state index >= 15 is 0 Å². The van der Waals surface area contributed by atoms with Crippen LogP contribution in [0.3, 0.4) is 0 Å². The van der Waals surface area contributed by atoms with Crippen molar-refractivity contribution in [2.45, 2.75) is 37.5 Å². The molecule has 0 fully saturated rings. The van der Waals surface area contributed by atoms with Crippen molar-refractivity contribution in [2.75, 3.05) is 5.75 Å². The molecule has 2 heterocycles. The number of aryl methyl sites for hydroxylation is 1. The highest BCUT2D eigenvalue weighted by molar-refractivity contribution is 8.00. The summed E-state index contributed by atoms with van der Waals surface area (Å²) in [6.45, 7) is 2.07. The number of amides is 1. The van der Waals surface area contributed by atoms with Crippen LogP contribution in [-0.2, 0) is 11.2 Å². The molecule has 1 aromatic heterocycles. The number of fused-ring (bicyclic) bond motifs is 1. The van der Waals surface area contributed by atoms with Gasteiger partial charge in [0.25, 0.3) is 0 Å². The van der Waals surface area contributed by atoms with Gasteiger partial charge in [-0.3, -0.25) is 4.79 Å². The van der Waals surface area contributed by atoms with E-state index in [0.717, 1.165) is 30.6 Å². The molecule has 1 aliphatic heterocycles. The molecule has 7 heteroatoms. The second-order valence-corrected chi connectivity index (χ2v) is 6.53. The Morgan fingerprint density at radius 3 is 3.14 bits per heavy atom. The fourth-order valence-electron chi connectivity index (χ4n) is 2.73. The van der Waals surface area contributed by atoms with E-state index in [9.17, 15) is 4.79 Å². The third-order valence-electron chi connectivity index (χ3n) is 3.80. The Balaban J connectivity index is 1.77. The summed E-state index contributed by atoms with van der Waals surface area (Å²) in [5, 5.41) is 17.0. The summed E-state index contributed by atoms with van der Waals surface area (Å²) in [6, 6.07) is 8.00. The Kier molecular flexibility index (Phi) is 4.72. The van der Waals surface area contributed by atoms with Crippen molar-refractivity contribution in [1.82, 2.24) is 25.9 Å². The van der Waals surface area contributed by atoms with Crippen molar-refractivity contribution in [1.29, 1.82) is 0 Å². The van der Waals surface area contributed by atoms with Crippen LogP contribution < -0.4 is 5.32 Å². The normalized spacial score (nSPS) is 18.5. The molecule has 2 aromatic rings. The van der Waals surface area contributed by atoms with Crippen LogP contribution >= 0.6 is 11.8 Å². The Morgan fingerprint density at radius 2 is 2.36 bits per heavy atom. The van der Waals surface area contributed by atoms with Gasteiger partial charge in [0.15, 0.2) is 5.82 Å². The van der Waals surface area contributed by atoms with E-state index in [-0.39, 0.29) is 17.2 Å². The predicted octanol–water partition coefficient (Wildman–Crippen LogP) is 2.19. The minimum absolute atomic E-state index is 0.0281. The molecule has 1 aromatic carbocycles. The number of nitrogens with zero attached hydrogens (tertiary/aromatic N) is 3. The van der Waals surface area contributed by atoms with Crippen LogP contribution in [-0.4, -0.2) is 32.3 Å². The summed E-state index contributed by atoms with van der Waals surface area (Å²) < 4.78 is 0. The average molecular weight is 317 g/mol. The molecule has 0 radical (unpaired) electrons. The van der Waals surface area contributed by atoms with Crippen molar-refractivity contribution in [2.24, 2.45) is 0 Å². The van der Waals surface area contributed by atoms with Gasteiger partial charge in [-0.25, -0.2) is 0 Å². The molecule has 1 aliphatic rings. The van der Waals surface area contributed by atoms with Crippen LogP contribution in [0.5, 0.6) is 0 Å². The molecule has 116 valence electrons. The Labute approximate surface area is 133 Å². The summed E-state index contributed by atoms with van der Waals surface area (Å²) >= 11 is 1.70. The number of tetrazole rings is 1. The largest absolute Gasteiger partial charge is 0.345 e.